The standard InChI is InChI=1S/C26H29N3O3S/c1-28(2)13-8-14-29(25(30)15-19-11-7-10-18-9-5-6-12-20(18)19)26-27-21-16-22(31-3)23(32-4)17-24(21)33-26/h5-7,9-12,16-17H,8,13-15H2,1-4H3. The van der Waals surface area contributed by atoms with Crippen molar-refractivity contribution in [3.8, 4) is 11.5 Å². The highest BCUT2D eigenvalue weighted by Crippen LogP contribution is 2.37. The van der Waals surface area contributed by atoms with Gasteiger partial charge in [-0.05, 0) is 43.4 Å². The lowest BCUT2D eigenvalue weighted by atomic mass is 10.0. The van der Waals surface area contributed by atoms with Crippen molar-refractivity contribution < 1.29 is 14.3 Å². The van der Waals surface area contributed by atoms with Crippen LogP contribution in [0.3, 0.4) is 0 Å². The van der Waals surface area contributed by atoms with Crippen molar-refractivity contribution in [3.63, 3.8) is 0 Å². The third-order valence-corrected chi connectivity index (χ3v) is 6.66. The SMILES string of the molecule is COc1cc2nc(N(CCCN(C)C)C(=O)Cc3cccc4ccccc34)sc2cc1OC. The van der Waals surface area contributed by atoms with Crippen LogP contribution >= 0.6 is 11.3 Å². The van der Waals surface area contributed by atoms with Gasteiger partial charge in [0.1, 0.15) is 0 Å². The van der Waals surface area contributed by atoms with Crippen molar-refractivity contribution >= 4 is 43.4 Å². The van der Waals surface area contributed by atoms with Gasteiger partial charge in [0.05, 0.1) is 30.9 Å². The summed E-state index contributed by atoms with van der Waals surface area (Å²) in [4.78, 5) is 22.3. The van der Waals surface area contributed by atoms with E-state index in [2.05, 4.69) is 23.1 Å². The number of carbonyl (C=O) groups is 1. The molecule has 0 fully saturated rings. The van der Waals surface area contributed by atoms with Crippen molar-refractivity contribution in [2.24, 2.45) is 0 Å². The number of nitrogens with zero attached hydrogens (tertiary/aromatic N) is 3. The lowest BCUT2D eigenvalue weighted by molar-refractivity contribution is -0.118. The van der Waals surface area contributed by atoms with E-state index in [1.807, 2.05) is 55.4 Å². The number of methoxy groups -OCH3 is 2. The maximum absolute atomic E-state index is 13.6. The Labute approximate surface area is 198 Å². The highest BCUT2D eigenvalue weighted by molar-refractivity contribution is 7.22. The van der Waals surface area contributed by atoms with Gasteiger partial charge >= 0.3 is 0 Å². The van der Waals surface area contributed by atoms with Gasteiger partial charge in [-0.2, -0.15) is 0 Å². The molecule has 0 bridgehead atoms. The van der Waals surface area contributed by atoms with Crippen LogP contribution in [0.15, 0.2) is 54.6 Å². The molecule has 0 saturated carbocycles. The van der Waals surface area contributed by atoms with E-state index in [0.717, 1.165) is 39.5 Å². The van der Waals surface area contributed by atoms with E-state index < -0.39 is 0 Å². The normalized spacial score (nSPS) is 11.3. The maximum atomic E-state index is 13.6. The Morgan fingerprint density at radius 1 is 0.970 bits per heavy atom. The summed E-state index contributed by atoms with van der Waals surface area (Å²) in [6, 6.07) is 18.1. The Morgan fingerprint density at radius 3 is 2.45 bits per heavy atom. The molecule has 7 heteroatoms. The van der Waals surface area contributed by atoms with Crippen LogP contribution in [0.25, 0.3) is 21.0 Å². The van der Waals surface area contributed by atoms with Crippen LogP contribution in [0.2, 0.25) is 0 Å². The summed E-state index contributed by atoms with van der Waals surface area (Å²) in [6.07, 6.45) is 1.18. The minimum atomic E-state index is 0.0445. The molecule has 1 amide bonds. The summed E-state index contributed by atoms with van der Waals surface area (Å²) < 4.78 is 11.8. The van der Waals surface area contributed by atoms with E-state index >= 15 is 0 Å². The van der Waals surface area contributed by atoms with Gasteiger partial charge in [-0.1, -0.05) is 53.8 Å². The second kappa shape index (κ2) is 10.2. The van der Waals surface area contributed by atoms with Crippen LogP contribution < -0.4 is 14.4 Å². The predicted molar refractivity (Wildman–Crippen MR) is 136 cm³/mol. The molecule has 0 aliphatic rings. The lowest BCUT2D eigenvalue weighted by Crippen LogP contribution is -2.34. The second-order valence-electron chi connectivity index (χ2n) is 8.19. The fraction of sp³-hybridized carbons (Fsp3) is 0.308. The van der Waals surface area contributed by atoms with Gasteiger partial charge in [-0.15, -0.1) is 0 Å². The maximum Gasteiger partial charge on any atom is 0.233 e. The largest absolute Gasteiger partial charge is 0.493 e. The molecular formula is C26H29N3O3S. The Balaban J connectivity index is 1.67. The van der Waals surface area contributed by atoms with Crippen LogP contribution in [0.4, 0.5) is 5.13 Å². The molecule has 0 saturated heterocycles. The number of thiazole rings is 1. The number of anilines is 1. The van der Waals surface area contributed by atoms with E-state index in [1.54, 1.807) is 14.2 Å². The van der Waals surface area contributed by atoms with E-state index in [4.69, 9.17) is 14.5 Å². The molecule has 0 N–H and O–H groups in total. The van der Waals surface area contributed by atoms with Crippen LogP contribution in [-0.4, -0.2) is 57.2 Å². The minimum Gasteiger partial charge on any atom is -0.493 e. The molecule has 0 radical (unpaired) electrons. The van der Waals surface area contributed by atoms with E-state index in [-0.39, 0.29) is 5.91 Å². The van der Waals surface area contributed by atoms with Gasteiger partial charge in [-0.3, -0.25) is 9.69 Å². The molecule has 0 unspecified atom stereocenters. The molecule has 6 nitrogen and oxygen atoms in total. The van der Waals surface area contributed by atoms with E-state index in [9.17, 15) is 4.79 Å². The van der Waals surface area contributed by atoms with Gasteiger partial charge in [0.15, 0.2) is 16.6 Å². The summed E-state index contributed by atoms with van der Waals surface area (Å²) in [5.74, 6) is 1.33. The lowest BCUT2D eigenvalue weighted by Gasteiger charge is -2.21. The minimum absolute atomic E-state index is 0.0445. The number of fused-ring (bicyclic) bond motifs is 2. The average molecular weight is 464 g/mol. The Hall–Kier alpha value is -3.16. The van der Waals surface area contributed by atoms with Crippen LogP contribution in [-0.2, 0) is 11.2 Å². The number of carbonyl (C=O) groups excluding carboxylic acids is 1. The molecule has 0 atom stereocenters. The number of ether oxygens (including phenoxy) is 2. The zero-order valence-corrected chi connectivity index (χ0v) is 20.3. The second-order valence-corrected chi connectivity index (χ2v) is 9.20. The fourth-order valence-corrected chi connectivity index (χ4v) is 4.95. The van der Waals surface area contributed by atoms with Gasteiger partial charge in [0, 0.05) is 18.7 Å². The Bertz CT molecular complexity index is 1220. The van der Waals surface area contributed by atoms with Gasteiger partial charge in [-0.25, -0.2) is 4.98 Å². The molecule has 33 heavy (non-hydrogen) atoms. The van der Waals surface area contributed by atoms with E-state index in [0.29, 0.717) is 29.6 Å². The number of aromatic nitrogens is 1. The zero-order chi connectivity index (χ0) is 23.4. The molecule has 0 aliphatic heterocycles. The molecular weight excluding hydrogens is 434 g/mol. The third kappa shape index (κ3) is 5.10. The zero-order valence-electron chi connectivity index (χ0n) is 19.5. The topological polar surface area (TPSA) is 54.9 Å². The van der Waals surface area contributed by atoms with Gasteiger partial charge in [0.2, 0.25) is 5.91 Å². The number of hydrogen-bond acceptors (Lipinski definition) is 6. The molecule has 4 rings (SSSR count). The molecule has 0 spiro atoms. The summed E-state index contributed by atoms with van der Waals surface area (Å²) in [5.41, 5.74) is 1.82. The van der Waals surface area contributed by atoms with Crippen molar-refractivity contribution in [2.75, 3.05) is 46.3 Å². The Morgan fingerprint density at radius 2 is 1.70 bits per heavy atom. The number of benzene rings is 3. The smallest absolute Gasteiger partial charge is 0.233 e. The molecule has 172 valence electrons. The monoisotopic (exact) mass is 463 g/mol. The first-order valence-electron chi connectivity index (χ1n) is 10.9. The van der Waals surface area contributed by atoms with Crippen molar-refractivity contribution in [2.45, 2.75) is 12.8 Å². The van der Waals surface area contributed by atoms with Crippen LogP contribution in [0.5, 0.6) is 11.5 Å². The molecule has 1 heterocycles. The Kier molecular flexibility index (Phi) is 7.11. The summed E-state index contributed by atoms with van der Waals surface area (Å²) in [5, 5.41) is 2.95. The number of hydrogen-bond donors (Lipinski definition) is 0. The van der Waals surface area contributed by atoms with Crippen LogP contribution in [0.1, 0.15) is 12.0 Å². The fourth-order valence-electron chi connectivity index (χ4n) is 3.94. The molecule has 3 aromatic carbocycles. The average Bonchev–Trinajstić information content (AvgIpc) is 3.23. The molecule has 1 aromatic heterocycles. The van der Waals surface area contributed by atoms with Crippen molar-refractivity contribution in [1.29, 1.82) is 0 Å². The third-order valence-electron chi connectivity index (χ3n) is 5.62. The predicted octanol–water partition coefficient (Wildman–Crippen LogP) is 4.99. The number of rotatable bonds is 9. The molecule has 4 aromatic rings. The van der Waals surface area contributed by atoms with Crippen molar-refractivity contribution in [3.05, 3.63) is 60.2 Å². The van der Waals surface area contributed by atoms with E-state index in [1.165, 1.54) is 11.3 Å². The summed E-state index contributed by atoms with van der Waals surface area (Å²) >= 11 is 1.50. The van der Waals surface area contributed by atoms with Crippen molar-refractivity contribution in [1.82, 2.24) is 9.88 Å². The first-order chi connectivity index (χ1) is 16.0. The molecule has 0 aliphatic carbocycles. The summed E-state index contributed by atoms with van der Waals surface area (Å²) in [7, 11) is 7.31. The highest BCUT2D eigenvalue weighted by Gasteiger charge is 2.21. The quantitative estimate of drug-likeness (QED) is 0.350. The first-order valence-corrected chi connectivity index (χ1v) is 11.8. The number of amides is 1. The highest BCUT2D eigenvalue weighted by atomic mass is 32.1. The van der Waals surface area contributed by atoms with Gasteiger partial charge in [0.25, 0.3) is 0 Å². The first kappa shape index (κ1) is 23.0. The van der Waals surface area contributed by atoms with Crippen LogP contribution in [0, 0.1) is 0 Å². The van der Waals surface area contributed by atoms with Gasteiger partial charge < -0.3 is 14.4 Å². The summed E-state index contributed by atoms with van der Waals surface area (Å²) in [6.45, 7) is 1.50.